The minimum absolute atomic E-state index is 0.198. The van der Waals surface area contributed by atoms with Gasteiger partial charge in [0.05, 0.1) is 19.1 Å². The van der Waals surface area contributed by atoms with Gasteiger partial charge < -0.3 is 9.64 Å². The third kappa shape index (κ3) is 3.99. The second-order valence-corrected chi connectivity index (χ2v) is 8.76. The van der Waals surface area contributed by atoms with E-state index in [0.717, 1.165) is 30.3 Å². The first-order chi connectivity index (χ1) is 13.4. The number of para-hydroxylation sites is 1. The average molecular weight is 403 g/mol. The molecular formula is C21H26N2O4S. The van der Waals surface area contributed by atoms with Crippen LogP contribution in [0, 0.1) is 0 Å². The lowest BCUT2D eigenvalue weighted by atomic mass is 10.0. The van der Waals surface area contributed by atoms with E-state index in [0.29, 0.717) is 24.4 Å². The van der Waals surface area contributed by atoms with Crippen LogP contribution in [0.1, 0.15) is 25.3 Å². The van der Waals surface area contributed by atoms with E-state index in [1.165, 1.54) is 4.31 Å². The van der Waals surface area contributed by atoms with Crippen LogP contribution >= 0.6 is 0 Å². The fraction of sp³-hybridized carbons (Fsp3) is 0.381. The highest BCUT2D eigenvalue weighted by atomic mass is 32.2. The third-order valence-electron chi connectivity index (χ3n) is 5.02. The summed E-state index contributed by atoms with van der Waals surface area (Å²) >= 11 is 0. The zero-order chi connectivity index (χ0) is 20.3. The Hall–Kier alpha value is -2.54. The lowest BCUT2D eigenvalue weighted by Crippen LogP contribution is -2.52. The lowest BCUT2D eigenvalue weighted by molar-refractivity contribution is -0.119. The molecule has 0 saturated carbocycles. The van der Waals surface area contributed by atoms with E-state index < -0.39 is 16.1 Å². The van der Waals surface area contributed by atoms with E-state index >= 15 is 0 Å². The van der Waals surface area contributed by atoms with Crippen LogP contribution in [0.15, 0.2) is 48.5 Å². The predicted molar refractivity (Wildman–Crippen MR) is 112 cm³/mol. The Morgan fingerprint density at radius 1 is 1.18 bits per heavy atom. The van der Waals surface area contributed by atoms with Gasteiger partial charge in [-0.05, 0) is 55.2 Å². The fourth-order valence-corrected chi connectivity index (χ4v) is 4.92. The van der Waals surface area contributed by atoms with E-state index in [2.05, 4.69) is 0 Å². The summed E-state index contributed by atoms with van der Waals surface area (Å²) in [7, 11) is -2.11. The van der Waals surface area contributed by atoms with Gasteiger partial charge in [0.15, 0.2) is 0 Å². The van der Waals surface area contributed by atoms with Gasteiger partial charge in [-0.15, -0.1) is 0 Å². The quantitative estimate of drug-likeness (QED) is 0.744. The molecule has 1 aliphatic heterocycles. The molecule has 0 unspecified atom stereocenters. The summed E-state index contributed by atoms with van der Waals surface area (Å²) in [4.78, 5) is 15.2. The van der Waals surface area contributed by atoms with Gasteiger partial charge in [0.1, 0.15) is 11.8 Å². The topological polar surface area (TPSA) is 66.9 Å². The number of hydrogen-bond acceptors (Lipinski definition) is 4. The molecule has 7 heteroatoms. The van der Waals surface area contributed by atoms with Crippen molar-refractivity contribution in [1.29, 1.82) is 0 Å². The Labute approximate surface area is 166 Å². The molecule has 1 heterocycles. The van der Waals surface area contributed by atoms with Crippen LogP contribution in [0.25, 0.3) is 0 Å². The number of nitrogens with zero attached hydrogens (tertiary/aromatic N) is 2. The van der Waals surface area contributed by atoms with Crippen LogP contribution < -0.4 is 13.9 Å². The number of carbonyl (C=O) groups excluding carboxylic acids is 1. The Kier molecular flexibility index (Phi) is 5.93. The third-order valence-corrected chi connectivity index (χ3v) is 6.20. The van der Waals surface area contributed by atoms with Crippen molar-refractivity contribution >= 4 is 27.3 Å². The van der Waals surface area contributed by atoms with Crippen molar-refractivity contribution in [3.8, 4) is 5.75 Å². The minimum Gasteiger partial charge on any atom is -0.497 e. The number of methoxy groups -OCH3 is 1. The van der Waals surface area contributed by atoms with E-state index in [4.69, 9.17) is 4.74 Å². The maximum atomic E-state index is 13.5. The molecule has 6 nitrogen and oxygen atoms in total. The van der Waals surface area contributed by atoms with Crippen molar-refractivity contribution in [3.63, 3.8) is 0 Å². The minimum atomic E-state index is -3.66. The first-order valence-electron chi connectivity index (χ1n) is 9.39. The standard InChI is InChI=1S/C21H26N2O4S/c1-4-19(21(24)22-15-7-9-16-8-5-6-10-20(16)22)23(28(3,25)26)17-11-13-18(27-2)14-12-17/h5-6,8,10-14,19H,4,7,9,15H2,1-3H3/t19-/m0/s1. The molecule has 150 valence electrons. The molecule has 3 rings (SSSR count). The van der Waals surface area contributed by atoms with Gasteiger partial charge in [-0.25, -0.2) is 8.42 Å². The summed E-state index contributed by atoms with van der Waals surface area (Å²) < 4.78 is 31.7. The molecule has 0 fully saturated rings. The number of rotatable bonds is 6. The van der Waals surface area contributed by atoms with Crippen molar-refractivity contribution in [1.82, 2.24) is 0 Å². The Balaban J connectivity index is 2.00. The van der Waals surface area contributed by atoms with Crippen LogP contribution in [-0.2, 0) is 21.2 Å². The summed E-state index contributed by atoms with van der Waals surface area (Å²) in [5.74, 6) is 0.428. The Morgan fingerprint density at radius 3 is 2.46 bits per heavy atom. The van der Waals surface area contributed by atoms with E-state index in [1.807, 2.05) is 31.2 Å². The molecule has 0 bridgehead atoms. The maximum absolute atomic E-state index is 13.5. The highest BCUT2D eigenvalue weighted by Gasteiger charge is 2.36. The smallest absolute Gasteiger partial charge is 0.250 e. The van der Waals surface area contributed by atoms with Gasteiger partial charge in [-0.3, -0.25) is 9.10 Å². The molecule has 2 aromatic rings. The highest BCUT2D eigenvalue weighted by Crippen LogP contribution is 2.31. The number of benzene rings is 2. The van der Waals surface area contributed by atoms with E-state index in [-0.39, 0.29) is 5.91 Å². The molecule has 0 spiro atoms. The molecule has 2 aromatic carbocycles. The maximum Gasteiger partial charge on any atom is 0.250 e. The van der Waals surface area contributed by atoms with Crippen molar-refractivity contribution in [2.45, 2.75) is 32.2 Å². The van der Waals surface area contributed by atoms with Crippen LogP contribution in [0.3, 0.4) is 0 Å². The number of fused-ring (bicyclic) bond motifs is 1. The van der Waals surface area contributed by atoms with Gasteiger partial charge in [-0.1, -0.05) is 25.1 Å². The first-order valence-corrected chi connectivity index (χ1v) is 11.2. The van der Waals surface area contributed by atoms with E-state index in [9.17, 15) is 13.2 Å². The molecule has 1 atom stereocenters. The van der Waals surface area contributed by atoms with Crippen LogP contribution in [0.2, 0.25) is 0 Å². The number of ether oxygens (including phenoxy) is 1. The number of carbonyl (C=O) groups is 1. The molecular weight excluding hydrogens is 376 g/mol. The number of sulfonamides is 1. The van der Waals surface area contributed by atoms with Crippen LogP contribution in [-0.4, -0.2) is 40.3 Å². The molecule has 1 amide bonds. The molecule has 28 heavy (non-hydrogen) atoms. The normalized spacial score (nSPS) is 14.9. The monoisotopic (exact) mass is 402 g/mol. The largest absolute Gasteiger partial charge is 0.497 e. The van der Waals surface area contributed by atoms with Crippen molar-refractivity contribution in [2.24, 2.45) is 0 Å². The van der Waals surface area contributed by atoms with Crippen molar-refractivity contribution in [3.05, 3.63) is 54.1 Å². The van der Waals surface area contributed by atoms with Gasteiger partial charge in [0, 0.05) is 12.2 Å². The zero-order valence-electron chi connectivity index (χ0n) is 16.5. The van der Waals surface area contributed by atoms with Gasteiger partial charge in [-0.2, -0.15) is 0 Å². The molecule has 0 aliphatic carbocycles. The number of hydrogen-bond donors (Lipinski definition) is 0. The second-order valence-electron chi connectivity index (χ2n) is 6.90. The fourth-order valence-electron chi connectivity index (χ4n) is 3.71. The number of amides is 1. The van der Waals surface area contributed by atoms with E-state index in [1.54, 1.807) is 36.3 Å². The first kappa shape index (κ1) is 20.2. The SMILES string of the molecule is CC[C@@H](C(=O)N1CCCc2ccccc21)N(c1ccc(OC)cc1)S(C)(=O)=O. The lowest BCUT2D eigenvalue weighted by Gasteiger charge is -2.36. The average Bonchev–Trinajstić information content (AvgIpc) is 2.70. The number of anilines is 2. The van der Waals surface area contributed by atoms with Gasteiger partial charge in [0.2, 0.25) is 10.0 Å². The molecule has 0 radical (unpaired) electrons. The van der Waals surface area contributed by atoms with Crippen LogP contribution in [0.4, 0.5) is 11.4 Å². The Bertz CT molecular complexity index is 941. The van der Waals surface area contributed by atoms with Crippen molar-refractivity contribution < 1.29 is 17.9 Å². The molecule has 0 aromatic heterocycles. The summed E-state index contributed by atoms with van der Waals surface area (Å²) in [6.07, 6.45) is 3.29. The summed E-state index contributed by atoms with van der Waals surface area (Å²) in [5, 5.41) is 0. The van der Waals surface area contributed by atoms with Crippen LogP contribution in [0.5, 0.6) is 5.75 Å². The highest BCUT2D eigenvalue weighted by molar-refractivity contribution is 7.92. The summed E-state index contributed by atoms with van der Waals surface area (Å²) in [5.41, 5.74) is 2.45. The Morgan fingerprint density at radius 2 is 1.86 bits per heavy atom. The van der Waals surface area contributed by atoms with Gasteiger partial charge >= 0.3 is 0 Å². The van der Waals surface area contributed by atoms with Gasteiger partial charge in [0.25, 0.3) is 5.91 Å². The second kappa shape index (κ2) is 8.22. The molecule has 1 aliphatic rings. The zero-order valence-corrected chi connectivity index (χ0v) is 17.3. The summed E-state index contributed by atoms with van der Waals surface area (Å²) in [6, 6.07) is 13.7. The molecule has 0 N–H and O–H groups in total. The van der Waals surface area contributed by atoms with Crippen molar-refractivity contribution in [2.75, 3.05) is 29.1 Å². The molecule has 0 saturated heterocycles. The summed E-state index contributed by atoms with van der Waals surface area (Å²) in [6.45, 7) is 2.42. The number of aryl methyl sites for hydroxylation is 1. The predicted octanol–water partition coefficient (Wildman–Crippen LogP) is 3.22.